The molecular weight excluding hydrogens is 1210 g/mol. The topological polar surface area (TPSA) is 26.3 Å². The minimum atomic E-state index is -1.62. The van der Waals surface area contributed by atoms with E-state index in [1.165, 1.54) is 122 Å². The van der Waals surface area contributed by atoms with Crippen molar-refractivity contribution in [3.63, 3.8) is 0 Å². The molecule has 7 heteroatoms. The Labute approximate surface area is 542 Å². The minimum absolute atomic E-state index is 0. The Kier molecular flexibility index (Phi) is 16.6. The second-order valence-electron chi connectivity index (χ2n) is 25.3. The number of hydrogen-bond acceptors (Lipinski definition) is 2. The van der Waals surface area contributed by atoms with Crippen molar-refractivity contribution in [2.45, 2.75) is 101 Å². The molecule has 10 aromatic rings. The first kappa shape index (κ1) is 60.5. The van der Waals surface area contributed by atoms with Gasteiger partial charge in [-0.3, -0.25) is 0 Å². The maximum atomic E-state index is 6.83. The van der Waals surface area contributed by atoms with E-state index < -0.39 is 40.8 Å². The van der Waals surface area contributed by atoms with Gasteiger partial charge in [-0.1, -0.05) is 0 Å². The van der Waals surface area contributed by atoms with Gasteiger partial charge in [-0.05, 0) is 0 Å². The fraction of sp³-hybridized carbons (Fsp3) is 0.200. The maximum Gasteiger partial charge on any atom is -1.00 e. The first-order chi connectivity index (χ1) is 41.2. The fourth-order valence-electron chi connectivity index (χ4n) is 15.6. The molecule has 0 fully saturated rings. The molecule has 4 aliphatic rings. The third-order valence-electron chi connectivity index (χ3n) is 19.5. The van der Waals surface area contributed by atoms with E-state index in [9.17, 15) is 0 Å². The number of aryl methyl sites for hydroxylation is 4. The van der Waals surface area contributed by atoms with Crippen LogP contribution in [0, 0.1) is 41.5 Å². The molecule has 432 valence electrons. The number of benzene rings is 8. The van der Waals surface area contributed by atoms with Gasteiger partial charge < -0.3 is 24.8 Å². The summed E-state index contributed by atoms with van der Waals surface area (Å²) < 4.78 is 14.3. The summed E-state index contributed by atoms with van der Waals surface area (Å²) in [7, 11) is -2.70. The third kappa shape index (κ3) is 10.00. The largest absolute Gasteiger partial charge is 1.00 e. The van der Waals surface area contributed by atoms with Gasteiger partial charge in [-0.15, -0.1) is 0 Å². The minimum Gasteiger partial charge on any atom is -1.00 e. The third-order valence-corrected chi connectivity index (χ3v) is 28.4. The Balaban J connectivity index is 0.00000369. The summed E-state index contributed by atoms with van der Waals surface area (Å²) >= 11 is -1.62. The molecule has 4 atom stereocenters. The van der Waals surface area contributed by atoms with Gasteiger partial charge >= 0.3 is 523 Å². The van der Waals surface area contributed by atoms with Crippen LogP contribution in [0.3, 0.4) is 0 Å². The van der Waals surface area contributed by atoms with Crippen LogP contribution >= 0.6 is 0 Å². The van der Waals surface area contributed by atoms with Gasteiger partial charge in [-0.2, -0.15) is 0 Å². The van der Waals surface area contributed by atoms with Crippen molar-refractivity contribution in [2.24, 2.45) is 0 Å². The quantitative estimate of drug-likeness (QED) is 0.114. The number of halogens is 2. The zero-order valence-electron chi connectivity index (χ0n) is 52.0. The summed E-state index contributed by atoms with van der Waals surface area (Å²) in [5.41, 5.74) is 36.1. The molecule has 8 aromatic carbocycles. The monoisotopic (exact) mass is 1280 g/mol. The molecule has 14 rings (SSSR count). The van der Waals surface area contributed by atoms with E-state index in [2.05, 4.69) is 276 Å². The maximum absolute atomic E-state index is 6.83. The Morgan fingerprint density at radius 2 is 0.690 bits per heavy atom. The molecule has 0 saturated heterocycles. The van der Waals surface area contributed by atoms with Crippen LogP contribution in [-0.2, 0) is 23.2 Å². The zero-order valence-corrected chi connectivity index (χ0v) is 58.3. The summed E-state index contributed by atoms with van der Waals surface area (Å²) in [6.45, 7) is 29.0. The van der Waals surface area contributed by atoms with Gasteiger partial charge in [-0.25, -0.2) is 0 Å². The smallest absolute Gasteiger partial charge is 1.00 e. The second kappa shape index (κ2) is 23.9. The van der Waals surface area contributed by atoms with Crippen molar-refractivity contribution in [3.05, 3.63) is 283 Å². The van der Waals surface area contributed by atoms with Crippen molar-refractivity contribution < 1.29 is 56.9 Å². The Hall–Kier alpha value is -6.82. The first-order valence-corrected chi connectivity index (χ1v) is 39.4. The number of allylic oxidation sites excluding steroid dienone is 6. The second-order valence-corrected chi connectivity index (χ2v) is 34.8. The molecule has 0 amide bonds. The van der Waals surface area contributed by atoms with E-state index in [-0.39, 0.29) is 36.6 Å². The predicted octanol–water partition coefficient (Wildman–Crippen LogP) is 13.9. The molecule has 4 aliphatic carbocycles. The van der Waals surface area contributed by atoms with Crippen LogP contribution in [0.15, 0.2) is 202 Å². The molecule has 0 N–H and O–H groups in total. The van der Waals surface area contributed by atoms with Gasteiger partial charge in [0, 0.05) is 0 Å². The number of hydrogen-bond donors (Lipinski definition) is 0. The van der Waals surface area contributed by atoms with Crippen LogP contribution in [0.25, 0.3) is 79.0 Å². The van der Waals surface area contributed by atoms with E-state index in [0.29, 0.717) is 7.25 Å². The van der Waals surface area contributed by atoms with Crippen LogP contribution in [0.4, 0.5) is 0 Å². The molecule has 4 unspecified atom stereocenters. The van der Waals surface area contributed by atoms with Gasteiger partial charge in [0.2, 0.25) is 0 Å². The fourth-order valence-corrected chi connectivity index (χ4v) is 23.5. The molecule has 87 heavy (non-hydrogen) atoms. The van der Waals surface area contributed by atoms with Crippen molar-refractivity contribution in [1.82, 2.24) is 0 Å². The molecule has 0 bridgehead atoms. The van der Waals surface area contributed by atoms with E-state index in [0.717, 1.165) is 23.0 Å². The van der Waals surface area contributed by atoms with Crippen LogP contribution < -0.4 is 35.2 Å². The molecule has 2 aromatic heterocycles. The summed E-state index contributed by atoms with van der Waals surface area (Å²) in [6.07, 6.45) is 5.02. The van der Waals surface area contributed by atoms with Gasteiger partial charge in [0.1, 0.15) is 0 Å². The molecule has 0 spiro atoms. The summed E-state index contributed by atoms with van der Waals surface area (Å²) in [5, 5.41) is 3.18. The van der Waals surface area contributed by atoms with Crippen LogP contribution in [0.1, 0.15) is 123 Å². The van der Waals surface area contributed by atoms with Crippen molar-refractivity contribution in [2.75, 3.05) is 0 Å². The van der Waals surface area contributed by atoms with Crippen molar-refractivity contribution in [3.8, 4) is 44.5 Å². The Morgan fingerprint density at radius 1 is 0.356 bits per heavy atom. The predicted molar refractivity (Wildman–Crippen MR) is 362 cm³/mol. The molecule has 0 radical (unpaired) electrons. The molecular formula is C80H74Cl2O2Si2Zr. The normalized spacial score (nSPS) is 17.2. The average molecular weight is 1290 g/mol. The molecule has 2 nitrogen and oxygen atoms in total. The standard InChI is InChI=1S/2C40H37OSi.2ClH.Zr/c2*1-24-17-19-31-32(36(24)28-13-9-7-10-14-28)23-33(34-20-18-26(3)41-34)40(31)37-25(2)21-30-22-35(42(5)6)27(4)38(39(30)37)29-15-11-8-12-16-29;;;/h2*7-23,40,42H,1-6H3;2*1H;/q;;;;+2/p-2. The van der Waals surface area contributed by atoms with E-state index in [4.69, 9.17) is 8.83 Å². The first-order valence-electron chi connectivity index (χ1n) is 30.8. The van der Waals surface area contributed by atoms with Crippen LogP contribution in [-0.4, -0.2) is 17.6 Å². The number of rotatable bonds is 12. The van der Waals surface area contributed by atoms with Crippen LogP contribution in [0.5, 0.6) is 0 Å². The molecule has 0 saturated carbocycles. The molecule has 0 aliphatic heterocycles. The Morgan fingerprint density at radius 3 is 1.00 bits per heavy atom. The van der Waals surface area contributed by atoms with Crippen molar-refractivity contribution >= 4 is 62.4 Å². The summed E-state index contributed by atoms with van der Waals surface area (Å²) in [4.78, 5) is 0. The van der Waals surface area contributed by atoms with Crippen LogP contribution in [0.2, 0.25) is 26.2 Å². The molecule has 2 heterocycles. The number of fused-ring (bicyclic) bond motifs is 4. The van der Waals surface area contributed by atoms with Gasteiger partial charge in [0.05, 0.1) is 0 Å². The summed E-state index contributed by atoms with van der Waals surface area (Å²) in [6, 6.07) is 69.1. The van der Waals surface area contributed by atoms with E-state index >= 15 is 0 Å². The van der Waals surface area contributed by atoms with Crippen molar-refractivity contribution in [1.29, 1.82) is 0 Å². The van der Waals surface area contributed by atoms with Gasteiger partial charge in [0.25, 0.3) is 0 Å². The van der Waals surface area contributed by atoms with E-state index in [1.54, 1.807) is 32.6 Å². The zero-order chi connectivity index (χ0) is 58.7. The number of furan rings is 2. The Bertz CT molecular complexity index is 4200. The van der Waals surface area contributed by atoms with E-state index in [1.807, 2.05) is 0 Å². The SMILES string of the molecule is CC1=C(C2C(c3ccc(C)o3)=Cc3c2ccc(C)c3-c2ccccc2)c2c(cc([SiH](C)C)c(C)c2-c2ccccc2)[CH]1[Zr+2][CH]1C(C)=C(C2C(c3ccc(C)o3)=Cc3c2ccc(C)c3-c2ccccc2)c2c1cc([SiH](C)C)c(C)c2-c1ccccc1.[Cl-].[Cl-]. The average Bonchev–Trinajstić information content (AvgIpc) is 1.60. The van der Waals surface area contributed by atoms with Gasteiger partial charge in [0.15, 0.2) is 0 Å². The summed E-state index contributed by atoms with van der Waals surface area (Å²) in [5.74, 6) is 3.73.